The van der Waals surface area contributed by atoms with Crippen LogP contribution in [0.5, 0.6) is 0 Å². The van der Waals surface area contributed by atoms with Crippen LogP contribution in [0.15, 0.2) is 0 Å². The van der Waals surface area contributed by atoms with Crippen LogP contribution in [0.25, 0.3) is 0 Å². The molecule has 1 atom stereocenters. The topological polar surface area (TPSA) is 73.9 Å². The van der Waals surface area contributed by atoms with Gasteiger partial charge in [0.1, 0.15) is 20.7 Å². The number of esters is 1. The molecule has 0 unspecified atom stereocenters. The Labute approximate surface area is 146 Å². The molecule has 0 spiro atoms. The normalized spacial score (nSPS) is 12.8. The largest absolute Gasteiger partial charge is 0.467 e. The minimum atomic E-state index is -1.75. The van der Waals surface area contributed by atoms with Crippen LogP contribution in [0, 0.1) is 11.5 Å². The first kappa shape index (κ1) is 22.6. The van der Waals surface area contributed by atoms with Gasteiger partial charge in [-0.2, -0.15) is 0 Å². The quantitative estimate of drug-likeness (QED) is 0.310. The van der Waals surface area contributed by atoms with Crippen LogP contribution in [-0.4, -0.2) is 60.0 Å². The lowest BCUT2D eigenvalue weighted by molar-refractivity contribution is -0.145. The first-order valence-electron chi connectivity index (χ1n) is 7.99. The van der Waals surface area contributed by atoms with E-state index in [9.17, 15) is 9.59 Å². The monoisotopic (exact) mass is 357 g/mol. The van der Waals surface area contributed by atoms with Gasteiger partial charge >= 0.3 is 5.97 Å². The molecule has 0 aromatic rings. The summed E-state index contributed by atoms with van der Waals surface area (Å²) in [5.41, 5.74) is 3.32. The molecular formula is C17H31NO5Si. The highest BCUT2D eigenvalue weighted by molar-refractivity contribution is 6.87. The molecule has 0 aliphatic carbocycles. The van der Waals surface area contributed by atoms with E-state index in [1.165, 1.54) is 7.11 Å². The van der Waals surface area contributed by atoms with Crippen LogP contribution in [0.1, 0.15) is 27.2 Å². The third kappa shape index (κ3) is 8.48. The lowest BCUT2D eigenvalue weighted by atomic mass is 10.2. The van der Waals surface area contributed by atoms with Gasteiger partial charge in [0.05, 0.1) is 20.3 Å². The Kier molecular flexibility index (Phi) is 9.90. The molecule has 0 fully saturated rings. The molecule has 0 aliphatic rings. The van der Waals surface area contributed by atoms with Gasteiger partial charge in [-0.3, -0.25) is 4.79 Å². The van der Waals surface area contributed by atoms with Gasteiger partial charge in [-0.1, -0.05) is 33.9 Å². The second kappa shape index (κ2) is 10.5. The summed E-state index contributed by atoms with van der Waals surface area (Å²) >= 11 is 0. The molecule has 0 saturated heterocycles. The molecule has 24 heavy (non-hydrogen) atoms. The molecule has 0 radical (unpaired) electrons. The van der Waals surface area contributed by atoms with Gasteiger partial charge in [-0.05, 0) is 5.04 Å². The fourth-order valence-electron chi connectivity index (χ4n) is 1.44. The van der Waals surface area contributed by atoms with Crippen molar-refractivity contribution in [2.75, 3.05) is 34.0 Å². The second-order valence-electron chi connectivity index (χ2n) is 7.07. The Balaban J connectivity index is 4.71. The maximum absolute atomic E-state index is 11.8. The van der Waals surface area contributed by atoms with Crippen LogP contribution < -0.4 is 5.32 Å². The Hall–Kier alpha value is -1.36. The van der Waals surface area contributed by atoms with Gasteiger partial charge < -0.3 is 19.5 Å². The standard InChI is InChI=1S/C17H31NO5Si/c1-17(2,3)24(6,7)12-8-9-14(16(20)22-5)18-15(19)13-23-11-10-21-4/h14H,9-11,13H2,1-7H3,(H,18,19)/t14-/m1/s1. The summed E-state index contributed by atoms with van der Waals surface area (Å²) in [6.45, 7) is 11.5. The minimum Gasteiger partial charge on any atom is -0.467 e. The number of rotatable bonds is 8. The van der Waals surface area contributed by atoms with E-state index in [1.54, 1.807) is 7.11 Å². The van der Waals surface area contributed by atoms with E-state index < -0.39 is 20.1 Å². The Morgan fingerprint density at radius 3 is 2.29 bits per heavy atom. The van der Waals surface area contributed by atoms with E-state index in [1.807, 2.05) is 0 Å². The summed E-state index contributed by atoms with van der Waals surface area (Å²) in [6.07, 6.45) is 0.225. The molecule has 7 heteroatoms. The highest BCUT2D eigenvalue weighted by atomic mass is 28.3. The van der Waals surface area contributed by atoms with Crippen LogP contribution >= 0.6 is 0 Å². The Morgan fingerprint density at radius 2 is 1.79 bits per heavy atom. The molecule has 0 rings (SSSR count). The lowest BCUT2D eigenvalue weighted by Gasteiger charge is -2.31. The average molecular weight is 358 g/mol. The predicted molar refractivity (Wildman–Crippen MR) is 96.2 cm³/mol. The van der Waals surface area contributed by atoms with Crippen molar-refractivity contribution in [2.24, 2.45) is 0 Å². The highest BCUT2D eigenvalue weighted by Gasteiger charge is 2.33. The average Bonchev–Trinajstić information content (AvgIpc) is 2.48. The number of carbonyl (C=O) groups excluding carboxylic acids is 2. The van der Waals surface area contributed by atoms with Crippen molar-refractivity contribution >= 4 is 20.0 Å². The van der Waals surface area contributed by atoms with Crippen molar-refractivity contribution in [1.82, 2.24) is 5.32 Å². The molecule has 0 heterocycles. The molecular weight excluding hydrogens is 326 g/mol. The maximum Gasteiger partial charge on any atom is 0.329 e. The zero-order chi connectivity index (χ0) is 18.8. The SMILES string of the molecule is COCCOCC(=O)N[C@H](CC#C[Si](C)(C)C(C)(C)C)C(=O)OC. The van der Waals surface area contributed by atoms with Gasteiger partial charge in [0.15, 0.2) is 0 Å². The molecule has 0 aliphatic heterocycles. The van der Waals surface area contributed by atoms with E-state index in [-0.39, 0.29) is 24.0 Å². The summed E-state index contributed by atoms with van der Waals surface area (Å²) in [5.74, 6) is 2.18. The third-order valence-electron chi connectivity index (χ3n) is 4.07. The first-order chi connectivity index (χ1) is 11.0. The fourth-order valence-corrected chi connectivity index (χ4v) is 2.36. The first-order valence-corrected chi connectivity index (χ1v) is 11.0. The van der Waals surface area contributed by atoms with E-state index in [4.69, 9.17) is 14.2 Å². The molecule has 0 saturated carbocycles. The molecule has 0 bridgehead atoms. The van der Waals surface area contributed by atoms with Crippen molar-refractivity contribution in [3.8, 4) is 11.5 Å². The van der Waals surface area contributed by atoms with E-state index in [0.29, 0.717) is 13.2 Å². The summed E-state index contributed by atoms with van der Waals surface area (Å²) in [5, 5.41) is 2.74. The summed E-state index contributed by atoms with van der Waals surface area (Å²) < 4.78 is 14.7. The van der Waals surface area contributed by atoms with Gasteiger partial charge in [0.25, 0.3) is 0 Å². The summed E-state index contributed by atoms with van der Waals surface area (Å²) in [6, 6.07) is -0.786. The number of methoxy groups -OCH3 is 2. The maximum atomic E-state index is 11.8. The lowest BCUT2D eigenvalue weighted by Crippen LogP contribution is -2.43. The van der Waals surface area contributed by atoms with Gasteiger partial charge in [-0.15, -0.1) is 11.5 Å². The number of amides is 1. The van der Waals surface area contributed by atoms with E-state index >= 15 is 0 Å². The highest BCUT2D eigenvalue weighted by Crippen LogP contribution is 2.35. The molecule has 0 aromatic heterocycles. The number of hydrogen-bond donors (Lipinski definition) is 1. The van der Waals surface area contributed by atoms with Crippen molar-refractivity contribution in [2.45, 2.75) is 51.4 Å². The van der Waals surface area contributed by atoms with Crippen LogP contribution in [-0.2, 0) is 23.8 Å². The number of nitrogens with one attached hydrogen (secondary N) is 1. The van der Waals surface area contributed by atoms with Gasteiger partial charge in [0, 0.05) is 13.5 Å². The van der Waals surface area contributed by atoms with Crippen LogP contribution in [0.2, 0.25) is 18.1 Å². The zero-order valence-electron chi connectivity index (χ0n) is 15.9. The molecule has 1 N–H and O–H groups in total. The van der Waals surface area contributed by atoms with Gasteiger partial charge in [0.2, 0.25) is 5.91 Å². The smallest absolute Gasteiger partial charge is 0.329 e. The number of carbonyl (C=O) groups is 2. The van der Waals surface area contributed by atoms with Crippen molar-refractivity contribution in [3.63, 3.8) is 0 Å². The number of ether oxygens (including phenoxy) is 3. The number of hydrogen-bond acceptors (Lipinski definition) is 5. The predicted octanol–water partition coefficient (Wildman–Crippen LogP) is 1.75. The van der Waals surface area contributed by atoms with Crippen LogP contribution in [0.4, 0.5) is 0 Å². The minimum absolute atomic E-state index is 0.132. The summed E-state index contributed by atoms with van der Waals surface area (Å²) in [7, 11) is 1.09. The molecule has 0 aromatic carbocycles. The van der Waals surface area contributed by atoms with Crippen LogP contribution in [0.3, 0.4) is 0 Å². The van der Waals surface area contributed by atoms with Crippen molar-refractivity contribution < 1.29 is 23.8 Å². The Bertz CT molecular complexity index is 474. The molecule has 138 valence electrons. The van der Waals surface area contributed by atoms with E-state index in [2.05, 4.69) is 50.6 Å². The zero-order valence-corrected chi connectivity index (χ0v) is 16.9. The molecule has 1 amide bonds. The van der Waals surface area contributed by atoms with Gasteiger partial charge in [-0.25, -0.2) is 4.79 Å². The van der Waals surface area contributed by atoms with Crippen molar-refractivity contribution in [3.05, 3.63) is 0 Å². The summed E-state index contributed by atoms with van der Waals surface area (Å²) in [4.78, 5) is 23.7. The Morgan fingerprint density at radius 1 is 1.17 bits per heavy atom. The second-order valence-corrected chi connectivity index (χ2v) is 12.1. The third-order valence-corrected chi connectivity index (χ3v) is 8.62. The van der Waals surface area contributed by atoms with E-state index in [0.717, 1.165) is 0 Å². The fraction of sp³-hybridized carbons (Fsp3) is 0.765. The molecule has 6 nitrogen and oxygen atoms in total. The van der Waals surface area contributed by atoms with Crippen molar-refractivity contribution in [1.29, 1.82) is 0 Å².